The molecule has 0 atom stereocenters. The molecule has 25 heavy (non-hydrogen) atoms. The molecule has 0 unspecified atom stereocenters. The van der Waals surface area contributed by atoms with Crippen molar-refractivity contribution < 1.29 is 14.7 Å². The van der Waals surface area contributed by atoms with Gasteiger partial charge in [-0.05, 0) is 38.3 Å². The molecule has 130 valence electrons. The highest BCUT2D eigenvalue weighted by Gasteiger charge is 2.45. The minimum Gasteiger partial charge on any atom is -0.480 e. The number of aromatic nitrogens is 3. The number of nitrogens with one attached hydrogen (secondary N) is 2. The minimum atomic E-state index is -1.19. The van der Waals surface area contributed by atoms with Crippen molar-refractivity contribution in [3.05, 3.63) is 46.1 Å². The fourth-order valence-corrected chi connectivity index (χ4v) is 2.85. The van der Waals surface area contributed by atoms with Gasteiger partial charge in [-0.3, -0.25) is 14.6 Å². The molecule has 2 aromatic rings. The highest BCUT2D eigenvalue weighted by atomic mass is 16.4. The van der Waals surface area contributed by atoms with Crippen molar-refractivity contribution >= 4 is 11.9 Å². The molecule has 0 saturated heterocycles. The minimum absolute atomic E-state index is 0.212. The molecular weight excluding hydrogens is 324 g/mol. The fourth-order valence-electron chi connectivity index (χ4n) is 2.85. The summed E-state index contributed by atoms with van der Waals surface area (Å²) in [4.78, 5) is 46.8. The van der Waals surface area contributed by atoms with Crippen LogP contribution in [0.1, 0.15) is 30.5 Å². The molecule has 1 saturated carbocycles. The number of aromatic amines is 1. The number of hydrogen-bond donors (Lipinski definition) is 3. The molecule has 1 aliphatic carbocycles. The second-order valence-corrected chi connectivity index (χ2v) is 6.19. The fraction of sp³-hybridized carbons (Fsp3) is 0.353. The number of pyridine rings is 1. The maximum Gasteiger partial charge on any atom is 0.329 e. The van der Waals surface area contributed by atoms with Gasteiger partial charge in [-0.25, -0.2) is 9.78 Å². The average Bonchev–Trinajstić information content (AvgIpc) is 2.54. The summed E-state index contributed by atoms with van der Waals surface area (Å²) >= 11 is 0. The highest BCUT2D eigenvalue weighted by Crippen LogP contribution is 2.32. The van der Waals surface area contributed by atoms with Gasteiger partial charge < -0.3 is 15.4 Å². The number of hydrogen-bond acceptors (Lipinski definition) is 5. The predicted molar refractivity (Wildman–Crippen MR) is 88.9 cm³/mol. The van der Waals surface area contributed by atoms with Crippen LogP contribution in [0, 0.1) is 6.92 Å². The Hall–Kier alpha value is -3.03. The van der Waals surface area contributed by atoms with Gasteiger partial charge in [0.25, 0.3) is 5.56 Å². The van der Waals surface area contributed by atoms with Crippen LogP contribution in [0.5, 0.6) is 0 Å². The van der Waals surface area contributed by atoms with Gasteiger partial charge in [0.2, 0.25) is 5.91 Å². The number of carboxylic acid groups (broad SMARTS) is 1. The van der Waals surface area contributed by atoms with E-state index in [-0.39, 0.29) is 12.0 Å². The molecule has 3 rings (SSSR count). The molecule has 1 aliphatic rings. The van der Waals surface area contributed by atoms with Gasteiger partial charge in [-0.15, -0.1) is 0 Å². The van der Waals surface area contributed by atoms with Gasteiger partial charge in [0.05, 0.1) is 6.42 Å². The molecule has 0 aliphatic heterocycles. The maximum absolute atomic E-state index is 12.3. The Kier molecular flexibility index (Phi) is 4.35. The van der Waals surface area contributed by atoms with Crippen LogP contribution in [-0.2, 0) is 16.0 Å². The summed E-state index contributed by atoms with van der Waals surface area (Å²) in [5.74, 6) is -1.16. The van der Waals surface area contributed by atoms with Crippen molar-refractivity contribution in [2.75, 3.05) is 0 Å². The van der Waals surface area contributed by atoms with Crippen LogP contribution in [0.25, 0.3) is 11.4 Å². The molecule has 3 N–H and O–H groups in total. The van der Waals surface area contributed by atoms with Crippen LogP contribution in [0.3, 0.4) is 0 Å². The third-order valence-corrected chi connectivity index (χ3v) is 4.49. The van der Waals surface area contributed by atoms with E-state index in [1.807, 2.05) is 0 Å². The summed E-state index contributed by atoms with van der Waals surface area (Å²) in [6.07, 6.45) is 4.55. The summed E-state index contributed by atoms with van der Waals surface area (Å²) in [5.41, 5.74) is -0.292. The topological polar surface area (TPSA) is 125 Å². The van der Waals surface area contributed by atoms with E-state index in [9.17, 15) is 19.5 Å². The van der Waals surface area contributed by atoms with E-state index in [2.05, 4.69) is 20.3 Å². The van der Waals surface area contributed by atoms with Crippen LogP contribution in [0.15, 0.2) is 29.3 Å². The van der Waals surface area contributed by atoms with Gasteiger partial charge in [-0.2, -0.15) is 0 Å². The average molecular weight is 342 g/mol. The van der Waals surface area contributed by atoms with E-state index in [1.165, 1.54) is 0 Å². The number of carboxylic acids is 1. The van der Waals surface area contributed by atoms with Crippen molar-refractivity contribution in [1.82, 2.24) is 20.3 Å². The number of nitrogens with zero attached hydrogens (tertiary/aromatic N) is 2. The van der Waals surface area contributed by atoms with Crippen molar-refractivity contribution in [3.63, 3.8) is 0 Å². The van der Waals surface area contributed by atoms with Crippen LogP contribution in [-0.4, -0.2) is 37.5 Å². The number of amides is 1. The van der Waals surface area contributed by atoms with E-state index in [0.29, 0.717) is 29.9 Å². The first-order valence-corrected chi connectivity index (χ1v) is 7.96. The van der Waals surface area contributed by atoms with E-state index in [1.54, 1.807) is 31.5 Å². The summed E-state index contributed by atoms with van der Waals surface area (Å²) < 4.78 is 0. The van der Waals surface area contributed by atoms with Crippen molar-refractivity contribution in [3.8, 4) is 11.4 Å². The smallest absolute Gasteiger partial charge is 0.329 e. The van der Waals surface area contributed by atoms with Crippen molar-refractivity contribution in [2.45, 2.75) is 38.1 Å². The van der Waals surface area contributed by atoms with Gasteiger partial charge in [-0.1, -0.05) is 0 Å². The van der Waals surface area contributed by atoms with Gasteiger partial charge in [0.1, 0.15) is 11.4 Å². The number of rotatable bonds is 5. The van der Waals surface area contributed by atoms with E-state index in [4.69, 9.17) is 0 Å². The molecular formula is C17H18N4O4. The lowest BCUT2D eigenvalue weighted by Crippen LogP contribution is -2.59. The molecule has 0 bridgehead atoms. The second kappa shape index (κ2) is 6.46. The first kappa shape index (κ1) is 16.8. The quantitative estimate of drug-likeness (QED) is 0.738. The Morgan fingerprint density at radius 1 is 1.40 bits per heavy atom. The summed E-state index contributed by atoms with van der Waals surface area (Å²) in [6, 6.07) is 3.50. The Labute approximate surface area is 143 Å². The summed E-state index contributed by atoms with van der Waals surface area (Å²) in [7, 11) is 0. The lowest BCUT2D eigenvalue weighted by molar-refractivity contribution is -0.151. The molecule has 0 aromatic carbocycles. The van der Waals surface area contributed by atoms with Crippen LogP contribution >= 0.6 is 0 Å². The lowest BCUT2D eigenvalue weighted by Gasteiger charge is -2.38. The first-order chi connectivity index (χ1) is 11.9. The maximum atomic E-state index is 12.3. The number of aryl methyl sites for hydroxylation is 1. The zero-order valence-electron chi connectivity index (χ0n) is 13.7. The summed E-state index contributed by atoms with van der Waals surface area (Å²) in [6.45, 7) is 1.65. The summed E-state index contributed by atoms with van der Waals surface area (Å²) in [5, 5.41) is 11.8. The molecule has 1 fully saturated rings. The molecule has 0 spiro atoms. The SMILES string of the molecule is Cc1nc(-c2cccnc2)[nH]c(=O)c1CC(=O)NC1(C(=O)O)CCC1. The molecule has 2 heterocycles. The largest absolute Gasteiger partial charge is 0.480 e. The monoisotopic (exact) mass is 342 g/mol. The predicted octanol–water partition coefficient (Wildman–Crippen LogP) is 0.806. The Morgan fingerprint density at radius 2 is 2.16 bits per heavy atom. The lowest BCUT2D eigenvalue weighted by atomic mass is 9.76. The van der Waals surface area contributed by atoms with Crippen molar-refractivity contribution in [2.24, 2.45) is 0 Å². The Morgan fingerprint density at radius 3 is 2.68 bits per heavy atom. The Bertz CT molecular complexity index is 872. The third kappa shape index (κ3) is 3.28. The molecule has 1 amide bonds. The Balaban J connectivity index is 1.80. The number of carbonyl (C=O) groups excluding carboxylic acids is 1. The van der Waals surface area contributed by atoms with Crippen LogP contribution in [0.4, 0.5) is 0 Å². The van der Waals surface area contributed by atoms with E-state index >= 15 is 0 Å². The zero-order chi connectivity index (χ0) is 18.0. The normalized spacial score (nSPS) is 15.2. The molecule has 8 heteroatoms. The molecule has 0 radical (unpaired) electrons. The third-order valence-electron chi connectivity index (χ3n) is 4.49. The molecule has 2 aromatic heterocycles. The van der Waals surface area contributed by atoms with Crippen molar-refractivity contribution in [1.29, 1.82) is 0 Å². The van der Waals surface area contributed by atoms with E-state index in [0.717, 1.165) is 6.42 Å². The first-order valence-electron chi connectivity index (χ1n) is 7.96. The van der Waals surface area contributed by atoms with Crippen LogP contribution < -0.4 is 10.9 Å². The second-order valence-electron chi connectivity index (χ2n) is 6.19. The molecule has 8 nitrogen and oxygen atoms in total. The standard InChI is InChI=1S/C17H18N4O4/c1-10-12(8-13(22)21-17(16(24)25)5-3-6-17)15(23)20-14(19-10)11-4-2-7-18-9-11/h2,4,7,9H,3,5-6,8H2,1H3,(H,21,22)(H,24,25)(H,19,20,23). The zero-order valence-corrected chi connectivity index (χ0v) is 13.7. The van der Waals surface area contributed by atoms with Crippen LogP contribution in [0.2, 0.25) is 0 Å². The van der Waals surface area contributed by atoms with Gasteiger partial charge in [0, 0.05) is 29.2 Å². The van der Waals surface area contributed by atoms with Gasteiger partial charge in [0.15, 0.2) is 0 Å². The number of H-pyrrole nitrogens is 1. The van der Waals surface area contributed by atoms with Gasteiger partial charge >= 0.3 is 5.97 Å². The van der Waals surface area contributed by atoms with E-state index < -0.39 is 23.0 Å². The number of carbonyl (C=O) groups is 2. The number of aliphatic carboxylic acids is 1. The highest BCUT2D eigenvalue weighted by molar-refractivity contribution is 5.88.